The minimum Gasteiger partial charge on any atom is -0.458 e. The van der Waals surface area contributed by atoms with Crippen LogP contribution in [0, 0.1) is 24.7 Å². The molecule has 0 spiro atoms. The number of fused-ring (bicyclic) bond motifs is 4. The number of pyridine rings is 1. The van der Waals surface area contributed by atoms with Crippen LogP contribution in [0.2, 0.25) is 0 Å². The number of aromatic nitrogens is 1. The Morgan fingerprint density at radius 2 is 1.83 bits per heavy atom. The molecule has 6 rings (SSSR count). The highest BCUT2D eigenvalue weighted by Gasteiger charge is 2.55. The number of esters is 1. The van der Waals surface area contributed by atoms with Crippen LogP contribution in [0.1, 0.15) is 84.7 Å². The Morgan fingerprint density at radius 3 is 2.54 bits per heavy atom. The van der Waals surface area contributed by atoms with E-state index in [1.165, 1.54) is 0 Å². The van der Waals surface area contributed by atoms with E-state index in [9.17, 15) is 14.7 Å². The van der Waals surface area contributed by atoms with Crippen LogP contribution in [0.3, 0.4) is 0 Å². The van der Waals surface area contributed by atoms with E-state index in [4.69, 9.17) is 39.0 Å². The SMILES string of the molecule is CC[C@H]1OC(=O)[C@H](C)[C@H]2C[C@@H](OC3O[C@H](C)C[C@H](N(C)C)[C@H]3O)[C@](C)(C[C@@H](C)C(=O)[C@H](C)C3N=C(N)OC31C)OC/C(=N/OCc1ccc(-c3cccc(C)n3)s1)CO2. The number of hydrogen-bond donors (Lipinski definition) is 2. The van der Waals surface area contributed by atoms with E-state index in [2.05, 4.69) is 15.1 Å². The Hall–Kier alpha value is -3.51. The number of carbonyl (C=O) groups excluding carboxylic acids is 2. The first-order valence-electron chi connectivity index (χ1n) is 20.8. The number of hydrogen-bond acceptors (Lipinski definition) is 16. The molecule has 6 heterocycles. The van der Waals surface area contributed by atoms with Gasteiger partial charge in [0.25, 0.3) is 6.02 Å². The van der Waals surface area contributed by atoms with E-state index in [1.54, 1.807) is 25.2 Å². The lowest BCUT2D eigenvalue weighted by Crippen LogP contribution is -2.58. The Balaban J connectivity index is 1.35. The summed E-state index contributed by atoms with van der Waals surface area (Å²) in [7, 11) is 3.82. The van der Waals surface area contributed by atoms with Crippen LogP contribution < -0.4 is 5.73 Å². The molecule has 3 saturated heterocycles. The van der Waals surface area contributed by atoms with Gasteiger partial charge in [-0.1, -0.05) is 32.0 Å². The molecule has 0 amide bonds. The molecule has 4 aliphatic heterocycles. The van der Waals surface area contributed by atoms with E-state index in [1.807, 2.05) is 90.9 Å². The first kappa shape index (κ1) is 45.0. The Bertz CT molecular complexity index is 1860. The van der Waals surface area contributed by atoms with Crippen molar-refractivity contribution in [2.75, 3.05) is 27.3 Å². The average Bonchev–Trinajstić information content (AvgIpc) is 3.80. The van der Waals surface area contributed by atoms with Gasteiger partial charge in [-0.15, -0.1) is 11.3 Å². The summed E-state index contributed by atoms with van der Waals surface area (Å²) >= 11 is 1.57. The summed E-state index contributed by atoms with van der Waals surface area (Å²) in [6, 6.07) is 8.92. The molecule has 59 heavy (non-hydrogen) atoms. The van der Waals surface area contributed by atoms with E-state index in [0.29, 0.717) is 18.6 Å². The van der Waals surface area contributed by atoms with Gasteiger partial charge in [0.2, 0.25) is 0 Å². The van der Waals surface area contributed by atoms with Gasteiger partial charge in [0, 0.05) is 34.9 Å². The van der Waals surface area contributed by atoms with Crippen molar-refractivity contribution in [2.24, 2.45) is 33.6 Å². The highest BCUT2D eigenvalue weighted by atomic mass is 32.1. The molecule has 0 aliphatic carbocycles. The maximum absolute atomic E-state index is 14.5. The first-order chi connectivity index (χ1) is 27.9. The highest BCUT2D eigenvalue weighted by molar-refractivity contribution is 7.15. The van der Waals surface area contributed by atoms with Gasteiger partial charge in [-0.2, -0.15) is 0 Å². The van der Waals surface area contributed by atoms with Crippen LogP contribution in [0.4, 0.5) is 0 Å². The molecule has 326 valence electrons. The summed E-state index contributed by atoms with van der Waals surface area (Å²) in [4.78, 5) is 47.8. The molecule has 16 heteroatoms. The number of oxime groups is 1. The average molecular weight is 842 g/mol. The van der Waals surface area contributed by atoms with Crippen LogP contribution in [0.15, 0.2) is 40.5 Å². The molecule has 3 unspecified atom stereocenters. The van der Waals surface area contributed by atoms with Gasteiger partial charge >= 0.3 is 5.97 Å². The number of aliphatic hydroxyl groups excluding tert-OH is 1. The lowest BCUT2D eigenvalue weighted by molar-refractivity contribution is -0.294. The molecular weight excluding hydrogens is 779 g/mol. The number of aliphatic imine (C=N–C) groups is 1. The molecule has 3 N–H and O–H groups in total. The van der Waals surface area contributed by atoms with E-state index >= 15 is 0 Å². The Kier molecular flexibility index (Phi) is 14.2. The Labute approximate surface area is 351 Å². The monoisotopic (exact) mass is 841 g/mol. The fourth-order valence-electron chi connectivity index (χ4n) is 8.94. The molecule has 3 fully saturated rings. The van der Waals surface area contributed by atoms with Gasteiger partial charge < -0.3 is 49.0 Å². The predicted molar refractivity (Wildman–Crippen MR) is 223 cm³/mol. The molecule has 13 atom stereocenters. The zero-order chi connectivity index (χ0) is 42.8. The molecule has 15 nitrogen and oxygen atoms in total. The number of Topliss-reactive ketones (excluding diaryl/α,β-unsaturated/α-hetero) is 1. The van der Waals surface area contributed by atoms with Gasteiger partial charge in [-0.3, -0.25) is 14.6 Å². The number of rotatable bonds is 8. The van der Waals surface area contributed by atoms with Crippen LogP contribution in [0.25, 0.3) is 10.6 Å². The number of thiophene rings is 1. The topological polar surface area (TPSA) is 186 Å². The molecule has 0 saturated carbocycles. The van der Waals surface area contributed by atoms with Crippen molar-refractivity contribution >= 4 is 34.8 Å². The van der Waals surface area contributed by atoms with Gasteiger partial charge in [0.15, 0.2) is 18.5 Å². The number of likely N-dealkylation sites (N-methyl/N-ethyl adjacent to an activating group) is 1. The maximum Gasteiger partial charge on any atom is 0.311 e. The number of ether oxygens (including phenoxy) is 6. The van der Waals surface area contributed by atoms with Crippen molar-refractivity contribution in [3.63, 3.8) is 0 Å². The van der Waals surface area contributed by atoms with Crippen molar-refractivity contribution < 1.29 is 48.0 Å². The van der Waals surface area contributed by atoms with Gasteiger partial charge in [0.05, 0.1) is 53.6 Å². The molecule has 2 bridgehead atoms. The number of nitrogens with zero attached hydrogens (tertiary/aromatic N) is 4. The quantitative estimate of drug-likeness (QED) is 0.266. The fraction of sp³-hybridized carbons (Fsp3) is 0.698. The number of cyclic esters (lactones) is 1. The van der Waals surface area contributed by atoms with Crippen molar-refractivity contribution in [1.29, 1.82) is 0 Å². The number of ketones is 1. The normalized spacial score (nSPS) is 38.1. The van der Waals surface area contributed by atoms with Crippen LogP contribution in [0.5, 0.6) is 0 Å². The van der Waals surface area contributed by atoms with Crippen molar-refractivity contribution in [3.05, 3.63) is 40.9 Å². The van der Waals surface area contributed by atoms with Gasteiger partial charge in [-0.05, 0) is 92.2 Å². The van der Waals surface area contributed by atoms with Gasteiger partial charge in [0.1, 0.15) is 29.7 Å². The molecular formula is C43H63N5O10S. The third-order valence-electron chi connectivity index (χ3n) is 12.4. The van der Waals surface area contributed by atoms with E-state index in [0.717, 1.165) is 21.1 Å². The number of nitrogens with two attached hydrogens (primary N) is 1. The third-order valence-corrected chi connectivity index (χ3v) is 13.5. The standard InChI is InChI=1S/C43H63N5O10S/c1-11-34-43(8)38(46-41(44)58-43)27(6)36(49)23(2)19-42(7)35(57-40-37(50)31(48(9)10)17-25(4)55-40)18-32(26(5)39(51)56-34)52-20-28(21-53-42)47-54-22-29-15-16-33(59-29)30-14-12-13-24(3)45-30/h12-16,23,25-27,31-32,34-35,37-38,40,50H,11,17-22H2,1-10H3,(H2,44,46)/b47-28+/t23-,25-,26-,27+,31+,32-,34-,35-,37-,38?,40?,42+,43?/m1/s1. The Morgan fingerprint density at radius 1 is 1.07 bits per heavy atom. The lowest BCUT2D eigenvalue weighted by atomic mass is 9.75. The number of aliphatic hydroxyl groups is 1. The summed E-state index contributed by atoms with van der Waals surface area (Å²) in [6.07, 6.45) is -3.31. The van der Waals surface area contributed by atoms with E-state index < -0.39 is 71.7 Å². The van der Waals surface area contributed by atoms with Crippen LogP contribution in [-0.4, -0.2) is 126 Å². The van der Waals surface area contributed by atoms with Crippen LogP contribution >= 0.6 is 11.3 Å². The zero-order valence-corrected chi connectivity index (χ0v) is 36.9. The molecule has 2 aromatic rings. The number of amidine groups is 1. The third kappa shape index (κ3) is 10.0. The fourth-order valence-corrected chi connectivity index (χ4v) is 9.83. The molecule has 4 aliphatic rings. The highest BCUT2D eigenvalue weighted by Crippen LogP contribution is 2.41. The first-order valence-corrected chi connectivity index (χ1v) is 21.6. The second-order valence-corrected chi connectivity index (χ2v) is 18.5. The summed E-state index contributed by atoms with van der Waals surface area (Å²) in [5.74, 6) is -2.65. The second kappa shape index (κ2) is 18.6. The summed E-state index contributed by atoms with van der Waals surface area (Å²) in [5.41, 5.74) is 6.04. The second-order valence-electron chi connectivity index (χ2n) is 17.4. The smallest absolute Gasteiger partial charge is 0.311 e. The minimum atomic E-state index is -1.19. The zero-order valence-electron chi connectivity index (χ0n) is 36.1. The molecule has 0 radical (unpaired) electrons. The van der Waals surface area contributed by atoms with Crippen molar-refractivity contribution in [2.45, 2.75) is 148 Å². The van der Waals surface area contributed by atoms with Crippen LogP contribution in [-0.2, 0) is 49.5 Å². The minimum absolute atomic E-state index is 0.0215. The largest absolute Gasteiger partial charge is 0.458 e. The lowest BCUT2D eigenvalue weighted by Gasteiger charge is -2.46. The van der Waals surface area contributed by atoms with E-state index in [-0.39, 0.29) is 56.6 Å². The summed E-state index contributed by atoms with van der Waals surface area (Å²) in [6.45, 7) is 15.1. The summed E-state index contributed by atoms with van der Waals surface area (Å²) < 4.78 is 38.9. The number of carbonyl (C=O) groups is 2. The predicted octanol–water partition coefficient (Wildman–Crippen LogP) is 5.04. The summed E-state index contributed by atoms with van der Waals surface area (Å²) in [5, 5.41) is 16.1. The van der Waals surface area contributed by atoms with Gasteiger partial charge in [-0.25, -0.2) is 4.99 Å². The maximum atomic E-state index is 14.5. The van der Waals surface area contributed by atoms with Crippen molar-refractivity contribution in [3.8, 4) is 10.6 Å². The molecule has 0 aromatic carbocycles. The number of aryl methyl sites for hydroxylation is 1. The molecule has 2 aromatic heterocycles. The van der Waals surface area contributed by atoms with Crippen molar-refractivity contribution in [1.82, 2.24) is 9.88 Å².